The van der Waals surface area contributed by atoms with Crippen molar-refractivity contribution in [2.45, 2.75) is 38.9 Å². The number of carboxylic acids is 1. The zero-order valence-electron chi connectivity index (χ0n) is 11.0. The minimum absolute atomic E-state index is 0.0761. The highest BCUT2D eigenvalue weighted by Crippen LogP contribution is 2.14. The lowest BCUT2D eigenvalue weighted by Crippen LogP contribution is -2.18. The number of hydrogen-bond acceptors (Lipinski definition) is 4. The van der Waals surface area contributed by atoms with Crippen molar-refractivity contribution < 1.29 is 27.8 Å². The number of aromatic carboxylic acids is 1. The molecular formula is C11H16F3N3O3. The van der Waals surface area contributed by atoms with Crippen LogP contribution in [0.3, 0.4) is 0 Å². The molecule has 0 aliphatic heterocycles. The highest BCUT2D eigenvalue weighted by atomic mass is 19.4. The predicted molar refractivity (Wildman–Crippen MR) is 62.5 cm³/mol. The van der Waals surface area contributed by atoms with Gasteiger partial charge in [-0.1, -0.05) is 18.6 Å². The summed E-state index contributed by atoms with van der Waals surface area (Å²) in [5.41, 5.74) is 0.374. The van der Waals surface area contributed by atoms with E-state index in [1.807, 2.05) is 6.92 Å². The summed E-state index contributed by atoms with van der Waals surface area (Å²) in [6.07, 6.45) is -2.82. The van der Waals surface area contributed by atoms with E-state index in [1.54, 1.807) is 0 Å². The first-order valence-corrected chi connectivity index (χ1v) is 6.15. The van der Waals surface area contributed by atoms with Crippen molar-refractivity contribution in [3.63, 3.8) is 0 Å². The van der Waals surface area contributed by atoms with Gasteiger partial charge in [-0.15, -0.1) is 5.10 Å². The molecule has 1 heterocycles. The second-order valence-electron chi connectivity index (χ2n) is 4.18. The van der Waals surface area contributed by atoms with Crippen molar-refractivity contribution in [2.75, 3.05) is 13.2 Å². The monoisotopic (exact) mass is 295 g/mol. The molecule has 0 radical (unpaired) electrons. The highest BCUT2D eigenvalue weighted by molar-refractivity contribution is 5.86. The van der Waals surface area contributed by atoms with Gasteiger partial charge in [-0.05, 0) is 12.8 Å². The Morgan fingerprint density at radius 3 is 2.70 bits per heavy atom. The smallest absolute Gasteiger partial charge is 0.411 e. The predicted octanol–water partition coefficient (Wildman–Crippen LogP) is 1.90. The maximum Gasteiger partial charge on any atom is 0.411 e. The Labute approximate surface area is 113 Å². The Morgan fingerprint density at radius 2 is 2.15 bits per heavy atom. The molecule has 20 heavy (non-hydrogen) atoms. The van der Waals surface area contributed by atoms with Crippen LogP contribution in [0, 0.1) is 0 Å². The first-order chi connectivity index (χ1) is 9.35. The number of alkyl halides is 3. The van der Waals surface area contributed by atoms with Gasteiger partial charge in [0.05, 0.1) is 5.69 Å². The van der Waals surface area contributed by atoms with Crippen LogP contribution in [0.2, 0.25) is 0 Å². The lowest BCUT2D eigenvalue weighted by Gasteiger charge is -2.08. The van der Waals surface area contributed by atoms with E-state index in [2.05, 4.69) is 15.0 Å². The van der Waals surface area contributed by atoms with E-state index in [4.69, 9.17) is 5.11 Å². The van der Waals surface area contributed by atoms with Gasteiger partial charge in [-0.25, -0.2) is 9.48 Å². The largest absolute Gasteiger partial charge is 0.476 e. The van der Waals surface area contributed by atoms with Gasteiger partial charge in [-0.2, -0.15) is 13.2 Å². The Bertz CT molecular complexity index is 446. The number of nitrogens with zero attached hydrogens (tertiary/aromatic N) is 3. The third kappa shape index (κ3) is 5.16. The summed E-state index contributed by atoms with van der Waals surface area (Å²) in [5, 5.41) is 16.2. The zero-order valence-corrected chi connectivity index (χ0v) is 11.0. The van der Waals surface area contributed by atoms with E-state index in [-0.39, 0.29) is 18.8 Å². The van der Waals surface area contributed by atoms with E-state index in [1.165, 1.54) is 4.68 Å². The molecule has 0 unspecified atom stereocenters. The number of carboxylic acid groups (broad SMARTS) is 1. The molecule has 0 fully saturated rings. The quantitative estimate of drug-likeness (QED) is 0.741. The van der Waals surface area contributed by atoms with E-state index in [0.29, 0.717) is 18.5 Å². The maximum atomic E-state index is 11.8. The summed E-state index contributed by atoms with van der Waals surface area (Å²) < 4.78 is 41.4. The van der Waals surface area contributed by atoms with Crippen molar-refractivity contribution in [1.29, 1.82) is 0 Å². The number of aromatic nitrogens is 3. The molecular weight excluding hydrogens is 279 g/mol. The fourth-order valence-corrected chi connectivity index (χ4v) is 1.67. The summed E-state index contributed by atoms with van der Waals surface area (Å²) in [6.45, 7) is 0.794. The van der Waals surface area contributed by atoms with Gasteiger partial charge in [0.25, 0.3) is 0 Å². The molecule has 0 atom stereocenters. The van der Waals surface area contributed by atoms with Crippen molar-refractivity contribution in [3.8, 4) is 0 Å². The topological polar surface area (TPSA) is 77.2 Å². The first kappa shape index (κ1) is 16.4. The number of carbonyl (C=O) groups is 1. The van der Waals surface area contributed by atoms with Crippen LogP contribution in [0.25, 0.3) is 0 Å². The summed E-state index contributed by atoms with van der Waals surface area (Å²) >= 11 is 0. The molecule has 0 saturated heterocycles. The molecule has 0 spiro atoms. The standard InChI is InChI=1S/C11H16F3N3O3/c1-2-4-8-9(10(18)19)15-16-17(8)5-3-6-20-7-11(12,13)14/h2-7H2,1H3,(H,18,19). The van der Waals surface area contributed by atoms with E-state index in [0.717, 1.165) is 6.42 Å². The Hall–Kier alpha value is -1.64. The Kier molecular flexibility index (Phi) is 5.93. The lowest BCUT2D eigenvalue weighted by molar-refractivity contribution is -0.174. The van der Waals surface area contributed by atoms with Crippen LogP contribution in [-0.2, 0) is 17.7 Å². The molecule has 1 rings (SSSR count). The van der Waals surface area contributed by atoms with Crippen molar-refractivity contribution in [2.24, 2.45) is 0 Å². The van der Waals surface area contributed by atoms with Crippen LogP contribution in [-0.4, -0.2) is 45.5 Å². The fraction of sp³-hybridized carbons (Fsp3) is 0.727. The summed E-state index contributed by atoms with van der Waals surface area (Å²) in [7, 11) is 0. The third-order valence-corrected chi connectivity index (χ3v) is 2.45. The number of halogens is 3. The molecule has 0 aromatic carbocycles. The zero-order chi connectivity index (χ0) is 15.2. The van der Waals surface area contributed by atoms with Gasteiger partial charge in [0.15, 0.2) is 5.69 Å². The van der Waals surface area contributed by atoms with Crippen LogP contribution in [0.5, 0.6) is 0 Å². The number of aryl methyl sites for hydroxylation is 1. The minimum atomic E-state index is -4.34. The average molecular weight is 295 g/mol. The van der Waals surface area contributed by atoms with Crippen molar-refractivity contribution >= 4 is 5.97 Å². The molecule has 9 heteroatoms. The molecule has 1 aromatic rings. The fourth-order valence-electron chi connectivity index (χ4n) is 1.67. The van der Waals surface area contributed by atoms with Crippen LogP contribution >= 0.6 is 0 Å². The SMILES string of the molecule is CCCc1c(C(=O)O)nnn1CCCOCC(F)(F)F. The summed E-state index contributed by atoms with van der Waals surface area (Å²) in [4.78, 5) is 10.9. The summed E-state index contributed by atoms with van der Waals surface area (Å²) in [5.74, 6) is -1.16. The normalized spacial score (nSPS) is 11.8. The van der Waals surface area contributed by atoms with E-state index >= 15 is 0 Å². The second-order valence-corrected chi connectivity index (χ2v) is 4.18. The molecule has 0 aliphatic rings. The molecule has 1 N–H and O–H groups in total. The minimum Gasteiger partial charge on any atom is -0.476 e. The van der Waals surface area contributed by atoms with Gasteiger partial charge in [0.2, 0.25) is 0 Å². The Balaban J connectivity index is 2.49. The number of hydrogen-bond donors (Lipinski definition) is 1. The van der Waals surface area contributed by atoms with Gasteiger partial charge in [0.1, 0.15) is 6.61 Å². The molecule has 0 saturated carbocycles. The van der Waals surface area contributed by atoms with Gasteiger partial charge in [0, 0.05) is 13.2 Å². The molecule has 114 valence electrons. The van der Waals surface area contributed by atoms with Crippen LogP contribution in [0.4, 0.5) is 13.2 Å². The Morgan fingerprint density at radius 1 is 1.45 bits per heavy atom. The third-order valence-electron chi connectivity index (χ3n) is 2.45. The van der Waals surface area contributed by atoms with E-state index < -0.39 is 18.8 Å². The van der Waals surface area contributed by atoms with Gasteiger partial charge < -0.3 is 9.84 Å². The maximum absolute atomic E-state index is 11.8. The lowest BCUT2D eigenvalue weighted by atomic mass is 10.2. The molecule has 0 bridgehead atoms. The first-order valence-electron chi connectivity index (χ1n) is 6.15. The molecule has 1 aromatic heterocycles. The van der Waals surface area contributed by atoms with Crippen LogP contribution < -0.4 is 0 Å². The van der Waals surface area contributed by atoms with Gasteiger partial charge >= 0.3 is 12.1 Å². The summed E-state index contributed by atoms with van der Waals surface area (Å²) in [6, 6.07) is 0. The van der Waals surface area contributed by atoms with E-state index in [9.17, 15) is 18.0 Å². The average Bonchev–Trinajstić information content (AvgIpc) is 2.71. The molecule has 0 aliphatic carbocycles. The number of rotatable bonds is 8. The number of ether oxygens (including phenoxy) is 1. The van der Waals surface area contributed by atoms with Crippen LogP contribution in [0.15, 0.2) is 0 Å². The van der Waals surface area contributed by atoms with Crippen LogP contribution in [0.1, 0.15) is 35.9 Å². The highest BCUT2D eigenvalue weighted by Gasteiger charge is 2.27. The second kappa shape index (κ2) is 7.22. The van der Waals surface area contributed by atoms with Crippen molar-refractivity contribution in [1.82, 2.24) is 15.0 Å². The van der Waals surface area contributed by atoms with Gasteiger partial charge in [-0.3, -0.25) is 0 Å². The molecule has 6 nitrogen and oxygen atoms in total. The van der Waals surface area contributed by atoms with Crippen molar-refractivity contribution in [3.05, 3.63) is 11.4 Å². The molecule has 0 amide bonds.